The second kappa shape index (κ2) is 9.63. The van der Waals surface area contributed by atoms with Crippen LogP contribution in [0.5, 0.6) is 0 Å². The molecule has 2 rings (SSSR count). The molecule has 0 atom stereocenters. The smallest absolute Gasteiger partial charge is 0.325 e. The van der Waals surface area contributed by atoms with Gasteiger partial charge in [-0.3, -0.25) is 14.4 Å². The second-order valence-electron chi connectivity index (χ2n) is 5.76. The molecule has 0 aromatic heterocycles. The third kappa shape index (κ3) is 6.34. The zero-order valence-corrected chi connectivity index (χ0v) is 16.5. The standard InChI is InChI=1S/C19H19BrN4O3/c1-12-7-3-5-9-15(12)22-18(26)19(27)24-23-13(2)11-17(25)21-16-10-6-4-8-14(16)20/h3-10H,11H2,1-2H3,(H,21,25)(H,22,26)(H,24,27). The molecule has 0 saturated carbocycles. The maximum atomic E-state index is 12.0. The summed E-state index contributed by atoms with van der Waals surface area (Å²) in [5.74, 6) is -2.04. The Morgan fingerprint density at radius 3 is 2.22 bits per heavy atom. The number of hydrogen-bond acceptors (Lipinski definition) is 4. The fraction of sp³-hybridized carbons (Fsp3) is 0.158. The highest BCUT2D eigenvalue weighted by molar-refractivity contribution is 9.10. The van der Waals surface area contributed by atoms with Crippen LogP contribution in [0.1, 0.15) is 18.9 Å². The van der Waals surface area contributed by atoms with Gasteiger partial charge >= 0.3 is 11.8 Å². The normalized spacial score (nSPS) is 10.9. The molecule has 3 N–H and O–H groups in total. The van der Waals surface area contributed by atoms with Crippen molar-refractivity contribution in [2.45, 2.75) is 20.3 Å². The second-order valence-corrected chi connectivity index (χ2v) is 6.62. The summed E-state index contributed by atoms with van der Waals surface area (Å²) in [5, 5.41) is 9.04. The molecule has 0 aliphatic heterocycles. The molecule has 2 aromatic rings. The number of benzene rings is 2. The number of nitrogens with zero attached hydrogens (tertiary/aromatic N) is 1. The number of rotatable bonds is 5. The van der Waals surface area contributed by atoms with Gasteiger partial charge in [-0.05, 0) is 53.5 Å². The van der Waals surface area contributed by atoms with Gasteiger partial charge in [0.25, 0.3) is 0 Å². The largest absolute Gasteiger partial charge is 0.329 e. The summed E-state index contributed by atoms with van der Waals surface area (Å²) in [4.78, 5) is 35.8. The van der Waals surface area contributed by atoms with Crippen LogP contribution >= 0.6 is 15.9 Å². The highest BCUT2D eigenvalue weighted by atomic mass is 79.9. The van der Waals surface area contributed by atoms with Crippen LogP contribution in [0.4, 0.5) is 11.4 Å². The van der Waals surface area contributed by atoms with Gasteiger partial charge in [0.1, 0.15) is 0 Å². The monoisotopic (exact) mass is 430 g/mol. The third-order valence-corrected chi connectivity index (χ3v) is 4.20. The fourth-order valence-electron chi connectivity index (χ4n) is 2.12. The van der Waals surface area contributed by atoms with Crippen LogP contribution in [0.3, 0.4) is 0 Å². The van der Waals surface area contributed by atoms with Crippen molar-refractivity contribution >= 4 is 50.7 Å². The molecule has 0 aliphatic rings. The number of para-hydroxylation sites is 2. The van der Waals surface area contributed by atoms with Crippen molar-refractivity contribution in [2.24, 2.45) is 5.10 Å². The van der Waals surface area contributed by atoms with E-state index in [1.165, 1.54) is 0 Å². The summed E-state index contributed by atoms with van der Waals surface area (Å²) in [6.45, 7) is 3.40. The van der Waals surface area contributed by atoms with Crippen LogP contribution in [-0.2, 0) is 14.4 Å². The molecule has 0 heterocycles. The maximum Gasteiger partial charge on any atom is 0.329 e. The Hall–Kier alpha value is -3.00. The maximum absolute atomic E-state index is 12.0. The summed E-state index contributed by atoms with van der Waals surface area (Å²) < 4.78 is 0.758. The topological polar surface area (TPSA) is 99.7 Å². The van der Waals surface area contributed by atoms with Crippen LogP contribution in [0, 0.1) is 6.92 Å². The van der Waals surface area contributed by atoms with E-state index in [0.29, 0.717) is 17.1 Å². The summed E-state index contributed by atoms with van der Waals surface area (Å²) >= 11 is 3.34. The van der Waals surface area contributed by atoms with Gasteiger partial charge in [-0.15, -0.1) is 0 Å². The lowest BCUT2D eigenvalue weighted by Crippen LogP contribution is -2.33. The van der Waals surface area contributed by atoms with Gasteiger partial charge in [0.15, 0.2) is 0 Å². The molecular weight excluding hydrogens is 412 g/mol. The van der Waals surface area contributed by atoms with E-state index in [-0.39, 0.29) is 12.3 Å². The molecule has 0 aliphatic carbocycles. The van der Waals surface area contributed by atoms with E-state index in [1.807, 2.05) is 31.2 Å². The summed E-state index contributed by atoms with van der Waals surface area (Å²) in [6, 6.07) is 14.3. The van der Waals surface area contributed by atoms with Crippen LogP contribution in [0.25, 0.3) is 0 Å². The first-order valence-corrected chi connectivity index (χ1v) is 8.90. The summed E-state index contributed by atoms with van der Waals surface area (Å²) in [6.07, 6.45) is -0.0268. The Labute approximate surface area is 165 Å². The molecule has 0 spiro atoms. The quantitative estimate of drug-likeness (QED) is 0.385. The molecule has 0 saturated heterocycles. The molecule has 0 bridgehead atoms. The summed E-state index contributed by atoms with van der Waals surface area (Å²) in [5.41, 5.74) is 4.53. The van der Waals surface area contributed by atoms with E-state index < -0.39 is 11.8 Å². The van der Waals surface area contributed by atoms with E-state index in [4.69, 9.17) is 0 Å². The lowest BCUT2D eigenvalue weighted by molar-refractivity contribution is -0.136. The third-order valence-electron chi connectivity index (χ3n) is 3.51. The Kier molecular flexibility index (Phi) is 7.25. The van der Waals surface area contributed by atoms with Gasteiger partial charge in [-0.25, -0.2) is 5.43 Å². The van der Waals surface area contributed by atoms with Crippen LogP contribution in [0.15, 0.2) is 58.1 Å². The van der Waals surface area contributed by atoms with E-state index in [2.05, 4.69) is 37.1 Å². The van der Waals surface area contributed by atoms with Crippen molar-refractivity contribution < 1.29 is 14.4 Å². The van der Waals surface area contributed by atoms with Crippen molar-refractivity contribution in [2.75, 3.05) is 10.6 Å². The summed E-state index contributed by atoms with van der Waals surface area (Å²) in [7, 11) is 0. The van der Waals surface area contributed by atoms with Crippen molar-refractivity contribution in [1.29, 1.82) is 0 Å². The van der Waals surface area contributed by atoms with Crippen molar-refractivity contribution in [3.05, 3.63) is 58.6 Å². The van der Waals surface area contributed by atoms with E-state index in [0.717, 1.165) is 10.0 Å². The number of halogens is 1. The first-order chi connectivity index (χ1) is 12.9. The molecule has 3 amide bonds. The molecular formula is C19H19BrN4O3. The van der Waals surface area contributed by atoms with Gasteiger partial charge in [0, 0.05) is 15.9 Å². The highest BCUT2D eigenvalue weighted by Gasteiger charge is 2.14. The number of hydrazone groups is 1. The Bertz CT molecular complexity index is 896. The molecule has 0 radical (unpaired) electrons. The number of aryl methyl sites for hydroxylation is 1. The van der Waals surface area contributed by atoms with Crippen LogP contribution in [0.2, 0.25) is 0 Å². The first-order valence-electron chi connectivity index (χ1n) is 8.11. The van der Waals surface area contributed by atoms with Gasteiger partial charge in [0.05, 0.1) is 12.1 Å². The van der Waals surface area contributed by atoms with Crippen LogP contribution in [-0.4, -0.2) is 23.4 Å². The predicted octanol–water partition coefficient (Wildman–Crippen LogP) is 3.22. The average Bonchev–Trinajstić information content (AvgIpc) is 2.63. The van der Waals surface area contributed by atoms with Gasteiger partial charge in [-0.2, -0.15) is 5.10 Å². The average molecular weight is 431 g/mol. The molecule has 0 unspecified atom stereocenters. The SMILES string of the molecule is CC(CC(=O)Nc1ccccc1Br)=NNC(=O)C(=O)Nc1ccccc1C. The number of carbonyl (C=O) groups is 3. The van der Waals surface area contributed by atoms with E-state index in [1.54, 1.807) is 31.2 Å². The number of carbonyl (C=O) groups excluding carboxylic acids is 3. The van der Waals surface area contributed by atoms with Crippen molar-refractivity contribution in [1.82, 2.24) is 5.43 Å². The van der Waals surface area contributed by atoms with Crippen molar-refractivity contribution in [3.63, 3.8) is 0 Å². The van der Waals surface area contributed by atoms with Gasteiger partial charge < -0.3 is 10.6 Å². The molecule has 140 valence electrons. The predicted molar refractivity (Wildman–Crippen MR) is 108 cm³/mol. The Morgan fingerprint density at radius 2 is 1.56 bits per heavy atom. The Morgan fingerprint density at radius 1 is 0.926 bits per heavy atom. The lowest BCUT2D eigenvalue weighted by Gasteiger charge is -2.08. The molecule has 2 aromatic carbocycles. The molecule has 7 nitrogen and oxygen atoms in total. The highest BCUT2D eigenvalue weighted by Crippen LogP contribution is 2.21. The fourth-order valence-corrected chi connectivity index (χ4v) is 2.50. The zero-order valence-electron chi connectivity index (χ0n) is 14.9. The van der Waals surface area contributed by atoms with E-state index >= 15 is 0 Å². The number of anilines is 2. The minimum absolute atomic E-state index is 0.0268. The van der Waals surface area contributed by atoms with E-state index in [9.17, 15) is 14.4 Å². The molecule has 8 heteroatoms. The van der Waals surface area contributed by atoms with Crippen molar-refractivity contribution in [3.8, 4) is 0 Å². The first kappa shape index (κ1) is 20.3. The van der Waals surface area contributed by atoms with Gasteiger partial charge in [0.2, 0.25) is 5.91 Å². The number of nitrogens with one attached hydrogen (secondary N) is 3. The molecule has 27 heavy (non-hydrogen) atoms. The minimum atomic E-state index is -0.913. The Balaban J connectivity index is 1.86. The lowest BCUT2D eigenvalue weighted by atomic mass is 10.2. The number of amides is 3. The van der Waals surface area contributed by atoms with Gasteiger partial charge in [-0.1, -0.05) is 30.3 Å². The number of hydrogen-bond donors (Lipinski definition) is 3. The molecule has 0 fully saturated rings. The minimum Gasteiger partial charge on any atom is -0.325 e. The van der Waals surface area contributed by atoms with Crippen LogP contribution < -0.4 is 16.1 Å². The zero-order chi connectivity index (χ0) is 19.8.